The topological polar surface area (TPSA) is 57.8 Å². The van der Waals surface area contributed by atoms with Crippen LogP contribution in [0.1, 0.15) is 36.1 Å². The third-order valence-electron chi connectivity index (χ3n) is 6.39. The van der Waals surface area contributed by atoms with Crippen molar-refractivity contribution in [3.63, 3.8) is 0 Å². The highest BCUT2D eigenvalue weighted by molar-refractivity contribution is 6.09. The molecule has 4 nitrogen and oxygen atoms in total. The van der Waals surface area contributed by atoms with E-state index in [2.05, 4.69) is 62.4 Å². The van der Waals surface area contributed by atoms with Crippen LogP contribution in [0.25, 0.3) is 5.57 Å². The van der Waals surface area contributed by atoms with Gasteiger partial charge < -0.3 is 4.74 Å². The molecule has 2 aromatic rings. The molecule has 0 saturated heterocycles. The molecule has 1 N–H and O–H groups in total. The van der Waals surface area contributed by atoms with Crippen molar-refractivity contribution in [3.8, 4) is 5.75 Å². The highest BCUT2D eigenvalue weighted by Gasteiger charge is 2.14. The molecule has 0 saturated carbocycles. The number of rotatable bonds is 13. The average molecular weight is 532 g/mol. The molecular weight excluding hydrogens is 490 g/mol. The van der Waals surface area contributed by atoms with Crippen LogP contribution in [0.4, 0.5) is 0 Å². The highest BCUT2D eigenvalue weighted by Crippen LogP contribution is 2.28. The molecule has 40 heavy (non-hydrogen) atoms. The average Bonchev–Trinajstić information content (AvgIpc) is 2.97. The van der Waals surface area contributed by atoms with Gasteiger partial charge in [-0.05, 0) is 77.9 Å². The minimum atomic E-state index is 0.0819. The van der Waals surface area contributed by atoms with Crippen LogP contribution < -0.4 is 4.74 Å². The molecule has 0 unspecified atom stereocenters. The molecule has 0 heterocycles. The van der Waals surface area contributed by atoms with E-state index in [1.807, 2.05) is 73.7 Å². The Labute approximate surface area is 240 Å². The molecule has 4 heteroatoms. The molecule has 0 radical (unpaired) electrons. The Morgan fingerprint density at radius 1 is 1.00 bits per heavy atom. The second kappa shape index (κ2) is 16.4. The first kappa shape index (κ1) is 31.6. The molecular formula is C36H41N3O. The smallest absolute Gasteiger partial charge is 0.154 e. The molecule has 0 fully saturated rings. The van der Waals surface area contributed by atoms with Crippen LogP contribution in [-0.2, 0) is 6.42 Å². The molecule has 0 aliphatic carbocycles. The zero-order chi connectivity index (χ0) is 29.5. The van der Waals surface area contributed by atoms with Crippen LogP contribution in [0.2, 0.25) is 0 Å². The Hall–Kier alpha value is -4.57. The van der Waals surface area contributed by atoms with Crippen LogP contribution in [0.5, 0.6) is 5.75 Å². The lowest BCUT2D eigenvalue weighted by molar-refractivity contribution is 0.407. The van der Waals surface area contributed by atoms with Gasteiger partial charge in [-0.1, -0.05) is 113 Å². The number of ether oxygens (including phenoxy) is 1. The quantitative estimate of drug-likeness (QED) is 0.157. The van der Waals surface area contributed by atoms with E-state index in [0.717, 1.165) is 40.0 Å². The standard InChI is InChI=1S/C36H41N3O/c1-9-11-16-26(3)22-33-29(6)24-32(25-34(33)40-8)36(37)39-35(38-7)21-20-31(27(4)17-12-10-2)23-28(5)30-18-14-13-15-19-30/h9-21,23-27,37H,1-2,5,7,22H2,3-4,6,8H3/b16-11-,17-12-,21-20+,31-23+,37-36?,39-35-/t26-,27+/m1/s1. The van der Waals surface area contributed by atoms with E-state index in [-0.39, 0.29) is 11.8 Å². The van der Waals surface area contributed by atoms with Crippen LogP contribution in [0, 0.1) is 24.2 Å². The number of nitrogens with one attached hydrogen (secondary N) is 1. The fourth-order valence-electron chi connectivity index (χ4n) is 4.12. The number of aryl methyl sites for hydroxylation is 1. The molecule has 0 amide bonds. The molecule has 0 spiro atoms. The summed E-state index contributed by atoms with van der Waals surface area (Å²) < 4.78 is 5.70. The molecule has 0 aliphatic rings. The number of aliphatic imine (C=N–C) groups is 2. The second-order valence-electron chi connectivity index (χ2n) is 9.53. The maximum Gasteiger partial charge on any atom is 0.154 e. The molecule has 206 valence electrons. The predicted octanol–water partition coefficient (Wildman–Crippen LogP) is 8.92. The van der Waals surface area contributed by atoms with E-state index in [1.165, 1.54) is 0 Å². The number of hydrogen-bond donors (Lipinski definition) is 1. The van der Waals surface area contributed by atoms with Crippen molar-refractivity contribution < 1.29 is 4.74 Å². The van der Waals surface area contributed by atoms with Crippen molar-refractivity contribution in [3.05, 3.63) is 145 Å². The SMILES string of the molecule is C=C/C=C\[C@@H](C)Cc1c(C)cc(C(=N)/N=C(/C=C/C(=C\C(=C)c2ccccc2)[C@@H](C)/C=C\C=C)N=C)cc1OC. The van der Waals surface area contributed by atoms with E-state index in [0.29, 0.717) is 17.3 Å². The lowest BCUT2D eigenvalue weighted by Gasteiger charge is -2.16. The molecule has 0 aliphatic heterocycles. The number of nitrogens with zero attached hydrogens (tertiary/aromatic N) is 2. The van der Waals surface area contributed by atoms with Gasteiger partial charge in [0.2, 0.25) is 0 Å². The molecule has 2 rings (SSSR count). The molecule has 0 aromatic heterocycles. The summed E-state index contributed by atoms with van der Waals surface area (Å²) in [6.07, 6.45) is 18.2. The zero-order valence-corrected chi connectivity index (χ0v) is 24.2. The van der Waals surface area contributed by atoms with Crippen molar-refractivity contribution in [1.82, 2.24) is 0 Å². The van der Waals surface area contributed by atoms with Gasteiger partial charge in [0.25, 0.3) is 0 Å². The van der Waals surface area contributed by atoms with Crippen molar-refractivity contribution >= 4 is 24.0 Å². The monoisotopic (exact) mass is 531 g/mol. The largest absolute Gasteiger partial charge is 0.496 e. The highest BCUT2D eigenvalue weighted by atomic mass is 16.5. The van der Waals surface area contributed by atoms with Crippen molar-refractivity contribution in [2.24, 2.45) is 21.8 Å². The number of allylic oxidation sites excluding steroid dienone is 10. The van der Waals surface area contributed by atoms with E-state index in [1.54, 1.807) is 25.3 Å². The van der Waals surface area contributed by atoms with Crippen LogP contribution in [-0.4, -0.2) is 25.5 Å². The lowest BCUT2D eigenvalue weighted by atomic mass is 9.94. The van der Waals surface area contributed by atoms with Gasteiger partial charge in [0.05, 0.1) is 7.11 Å². The Balaban J connectivity index is 2.38. The number of amidine groups is 2. The molecule has 0 bridgehead atoms. The minimum Gasteiger partial charge on any atom is -0.496 e. The summed E-state index contributed by atoms with van der Waals surface area (Å²) in [7, 11) is 1.65. The Morgan fingerprint density at radius 2 is 1.68 bits per heavy atom. The fraction of sp³-hybridized carbons (Fsp3) is 0.194. The van der Waals surface area contributed by atoms with Crippen LogP contribution >= 0.6 is 0 Å². The van der Waals surface area contributed by atoms with Gasteiger partial charge in [-0.3, -0.25) is 5.41 Å². The first-order valence-electron chi connectivity index (χ1n) is 13.3. The summed E-state index contributed by atoms with van der Waals surface area (Å²) in [5.74, 6) is 1.57. The van der Waals surface area contributed by atoms with Gasteiger partial charge in [0.15, 0.2) is 11.7 Å². The summed E-state index contributed by atoms with van der Waals surface area (Å²) in [6, 6.07) is 13.9. The van der Waals surface area contributed by atoms with E-state index in [9.17, 15) is 0 Å². The maximum atomic E-state index is 8.68. The Morgan fingerprint density at radius 3 is 2.30 bits per heavy atom. The first-order chi connectivity index (χ1) is 19.2. The van der Waals surface area contributed by atoms with Gasteiger partial charge in [0.1, 0.15) is 5.75 Å². The lowest BCUT2D eigenvalue weighted by Crippen LogP contribution is -2.06. The first-order valence-corrected chi connectivity index (χ1v) is 13.3. The third-order valence-corrected chi connectivity index (χ3v) is 6.39. The second-order valence-corrected chi connectivity index (χ2v) is 9.53. The van der Waals surface area contributed by atoms with E-state index in [4.69, 9.17) is 10.1 Å². The number of hydrogen-bond acceptors (Lipinski definition) is 2. The van der Waals surface area contributed by atoms with Gasteiger partial charge in [-0.2, -0.15) is 0 Å². The van der Waals surface area contributed by atoms with Gasteiger partial charge in [0, 0.05) is 5.56 Å². The van der Waals surface area contributed by atoms with Crippen LogP contribution in [0.3, 0.4) is 0 Å². The number of benzene rings is 2. The van der Waals surface area contributed by atoms with Gasteiger partial charge >= 0.3 is 0 Å². The summed E-state index contributed by atoms with van der Waals surface area (Å²) in [6.45, 7) is 21.7. The maximum absolute atomic E-state index is 8.68. The minimum absolute atomic E-state index is 0.0819. The zero-order valence-electron chi connectivity index (χ0n) is 24.2. The van der Waals surface area contributed by atoms with Crippen LogP contribution in [0.15, 0.2) is 132 Å². The summed E-state index contributed by atoms with van der Waals surface area (Å²) in [5, 5.41) is 8.68. The van der Waals surface area contributed by atoms with Crippen molar-refractivity contribution in [2.45, 2.75) is 27.2 Å². The van der Waals surface area contributed by atoms with E-state index >= 15 is 0 Å². The summed E-state index contributed by atoms with van der Waals surface area (Å²) >= 11 is 0. The summed E-state index contributed by atoms with van der Waals surface area (Å²) in [4.78, 5) is 8.54. The van der Waals surface area contributed by atoms with Gasteiger partial charge in [-0.25, -0.2) is 9.98 Å². The molecule has 2 aromatic carbocycles. The van der Waals surface area contributed by atoms with Gasteiger partial charge in [-0.15, -0.1) is 0 Å². The van der Waals surface area contributed by atoms with Crippen molar-refractivity contribution in [2.75, 3.05) is 7.11 Å². The summed E-state index contributed by atoms with van der Waals surface area (Å²) in [5.41, 5.74) is 5.76. The van der Waals surface area contributed by atoms with Crippen molar-refractivity contribution in [1.29, 1.82) is 5.41 Å². The Bertz CT molecular complexity index is 1370. The fourth-order valence-corrected chi connectivity index (χ4v) is 4.12. The molecule has 2 atom stereocenters. The number of methoxy groups -OCH3 is 1. The Kier molecular flexibility index (Phi) is 13.0. The third kappa shape index (κ3) is 9.63. The normalized spacial score (nSPS) is 13.9. The predicted molar refractivity (Wildman–Crippen MR) is 175 cm³/mol. The van der Waals surface area contributed by atoms with E-state index < -0.39 is 0 Å².